The second kappa shape index (κ2) is 9.56. The molecule has 0 spiro atoms. The first-order valence-electron chi connectivity index (χ1n) is 10.2. The molecule has 0 aromatic heterocycles. The summed E-state index contributed by atoms with van der Waals surface area (Å²) in [5.41, 5.74) is 2.64. The van der Waals surface area contributed by atoms with Crippen molar-refractivity contribution >= 4 is 5.69 Å². The van der Waals surface area contributed by atoms with Crippen LogP contribution < -0.4 is 10.2 Å². The molecule has 1 unspecified atom stereocenters. The van der Waals surface area contributed by atoms with Crippen LogP contribution in [0.1, 0.15) is 57.1 Å². The first-order valence-corrected chi connectivity index (χ1v) is 10.2. The second-order valence-electron chi connectivity index (χ2n) is 7.74. The molecule has 25 heavy (non-hydrogen) atoms. The minimum absolute atomic E-state index is 0.107. The zero-order valence-electron chi connectivity index (χ0n) is 15.8. The summed E-state index contributed by atoms with van der Waals surface area (Å²) in [6.45, 7) is 8.96. The van der Waals surface area contributed by atoms with Gasteiger partial charge in [-0.3, -0.25) is 0 Å². The Labute approximate surface area is 153 Å². The number of hydrogen-bond donors (Lipinski definition) is 2. The SMILES string of the molecule is CC(NCCN1CCCCCC1)c1ccc(N2CCC(O)CC2)cc1. The van der Waals surface area contributed by atoms with Gasteiger partial charge in [0.2, 0.25) is 0 Å². The Balaban J connectivity index is 1.43. The van der Waals surface area contributed by atoms with Crippen molar-refractivity contribution in [2.24, 2.45) is 0 Å². The second-order valence-corrected chi connectivity index (χ2v) is 7.74. The molecule has 4 heteroatoms. The number of nitrogens with one attached hydrogen (secondary N) is 1. The van der Waals surface area contributed by atoms with Gasteiger partial charge in [-0.25, -0.2) is 0 Å². The molecule has 0 saturated carbocycles. The summed E-state index contributed by atoms with van der Waals surface area (Å²) in [7, 11) is 0. The molecule has 2 N–H and O–H groups in total. The first kappa shape index (κ1) is 18.7. The molecule has 140 valence electrons. The van der Waals surface area contributed by atoms with Crippen LogP contribution in [0.5, 0.6) is 0 Å². The predicted octanol–water partition coefficient (Wildman–Crippen LogP) is 3.17. The Morgan fingerprint density at radius 3 is 2.28 bits per heavy atom. The van der Waals surface area contributed by atoms with Crippen LogP contribution in [0.4, 0.5) is 5.69 Å². The van der Waals surface area contributed by atoms with Crippen LogP contribution in [0.15, 0.2) is 24.3 Å². The lowest BCUT2D eigenvalue weighted by Gasteiger charge is -2.31. The Morgan fingerprint density at radius 2 is 1.64 bits per heavy atom. The normalized spacial score (nSPS) is 21.9. The van der Waals surface area contributed by atoms with E-state index in [0.29, 0.717) is 6.04 Å². The third kappa shape index (κ3) is 5.70. The number of anilines is 1. The summed E-state index contributed by atoms with van der Waals surface area (Å²) in [6.07, 6.45) is 7.20. The third-order valence-electron chi connectivity index (χ3n) is 5.80. The third-order valence-corrected chi connectivity index (χ3v) is 5.80. The highest BCUT2D eigenvalue weighted by atomic mass is 16.3. The van der Waals surface area contributed by atoms with Crippen molar-refractivity contribution in [3.8, 4) is 0 Å². The Morgan fingerprint density at radius 1 is 1.00 bits per heavy atom. The van der Waals surface area contributed by atoms with Crippen LogP contribution in [0.3, 0.4) is 0 Å². The van der Waals surface area contributed by atoms with Gasteiger partial charge < -0.3 is 20.2 Å². The lowest BCUT2D eigenvalue weighted by atomic mass is 10.0. The fourth-order valence-corrected chi connectivity index (χ4v) is 4.01. The van der Waals surface area contributed by atoms with E-state index in [9.17, 15) is 5.11 Å². The Kier molecular flexibility index (Phi) is 7.14. The average Bonchev–Trinajstić information content (AvgIpc) is 2.91. The van der Waals surface area contributed by atoms with Gasteiger partial charge in [-0.15, -0.1) is 0 Å². The van der Waals surface area contributed by atoms with Crippen molar-refractivity contribution in [2.45, 2.75) is 57.6 Å². The van der Waals surface area contributed by atoms with E-state index < -0.39 is 0 Å². The van der Waals surface area contributed by atoms with Crippen LogP contribution in [-0.4, -0.2) is 55.4 Å². The smallest absolute Gasteiger partial charge is 0.0574 e. The molecular formula is C21H35N3O. The molecule has 2 fully saturated rings. The van der Waals surface area contributed by atoms with Gasteiger partial charge >= 0.3 is 0 Å². The van der Waals surface area contributed by atoms with E-state index in [4.69, 9.17) is 0 Å². The molecule has 0 bridgehead atoms. The van der Waals surface area contributed by atoms with Crippen LogP contribution in [0.2, 0.25) is 0 Å². The highest BCUT2D eigenvalue weighted by Gasteiger charge is 2.17. The standard InChI is InChI=1S/C21H35N3O/c1-18(22-12-17-23-13-4-2-3-5-14-23)19-6-8-20(9-7-19)24-15-10-21(25)11-16-24/h6-9,18,21-22,25H,2-5,10-17H2,1H3. The fourth-order valence-electron chi connectivity index (χ4n) is 4.01. The Bertz CT molecular complexity index is 488. The maximum atomic E-state index is 9.64. The van der Waals surface area contributed by atoms with Gasteiger partial charge in [0.25, 0.3) is 0 Å². The monoisotopic (exact) mass is 345 g/mol. The first-order chi connectivity index (χ1) is 12.2. The topological polar surface area (TPSA) is 38.7 Å². The number of hydrogen-bond acceptors (Lipinski definition) is 4. The fraction of sp³-hybridized carbons (Fsp3) is 0.714. The van der Waals surface area contributed by atoms with E-state index in [2.05, 4.69) is 46.3 Å². The zero-order chi connectivity index (χ0) is 17.5. The quantitative estimate of drug-likeness (QED) is 0.831. The molecule has 0 aliphatic carbocycles. The van der Waals surface area contributed by atoms with Crippen LogP contribution in [-0.2, 0) is 0 Å². The van der Waals surface area contributed by atoms with Crippen molar-refractivity contribution in [1.82, 2.24) is 10.2 Å². The van der Waals surface area contributed by atoms with E-state index in [-0.39, 0.29) is 6.10 Å². The van der Waals surface area contributed by atoms with E-state index in [1.165, 1.54) is 56.6 Å². The van der Waals surface area contributed by atoms with E-state index in [0.717, 1.165) is 32.5 Å². The molecule has 2 saturated heterocycles. The highest BCUT2D eigenvalue weighted by Crippen LogP contribution is 2.22. The van der Waals surface area contributed by atoms with Crippen LogP contribution in [0.25, 0.3) is 0 Å². The average molecular weight is 346 g/mol. The van der Waals surface area contributed by atoms with Crippen LogP contribution >= 0.6 is 0 Å². The lowest BCUT2D eigenvalue weighted by Crippen LogP contribution is -2.35. The summed E-state index contributed by atoms with van der Waals surface area (Å²) in [5, 5.41) is 13.3. The summed E-state index contributed by atoms with van der Waals surface area (Å²) in [5.74, 6) is 0. The van der Waals surface area contributed by atoms with Crippen molar-refractivity contribution in [1.29, 1.82) is 0 Å². The van der Waals surface area contributed by atoms with Gasteiger partial charge in [0, 0.05) is 37.9 Å². The summed E-state index contributed by atoms with van der Waals surface area (Å²) >= 11 is 0. The Hall–Kier alpha value is -1.10. The van der Waals surface area contributed by atoms with Gasteiger partial charge in [-0.2, -0.15) is 0 Å². The van der Waals surface area contributed by atoms with Gasteiger partial charge in [0.1, 0.15) is 0 Å². The van der Waals surface area contributed by atoms with Crippen molar-refractivity contribution in [3.63, 3.8) is 0 Å². The molecule has 1 atom stereocenters. The number of aliphatic hydroxyl groups excluding tert-OH is 1. The summed E-state index contributed by atoms with van der Waals surface area (Å²) < 4.78 is 0. The molecule has 1 aromatic carbocycles. The van der Waals surface area contributed by atoms with E-state index >= 15 is 0 Å². The number of aliphatic hydroxyl groups is 1. The van der Waals surface area contributed by atoms with Gasteiger partial charge in [-0.05, 0) is 63.4 Å². The number of benzene rings is 1. The minimum Gasteiger partial charge on any atom is -0.393 e. The van der Waals surface area contributed by atoms with Gasteiger partial charge in [0.15, 0.2) is 0 Å². The minimum atomic E-state index is -0.107. The largest absolute Gasteiger partial charge is 0.393 e. The maximum Gasteiger partial charge on any atom is 0.0574 e. The van der Waals surface area contributed by atoms with Crippen LogP contribution in [0, 0.1) is 0 Å². The molecule has 4 nitrogen and oxygen atoms in total. The lowest BCUT2D eigenvalue weighted by molar-refractivity contribution is 0.145. The molecule has 1 aromatic rings. The summed E-state index contributed by atoms with van der Waals surface area (Å²) in [6, 6.07) is 9.37. The molecule has 0 amide bonds. The van der Waals surface area contributed by atoms with Gasteiger partial charge in [0.05, 0.1) is 6.10 Å². The van der Waals surface area contributed by atoms with E-state index in [1.54, 1.807) is 0 Å². The molecule has 2 aliphatic rings. The number of nitrogens with zero attached hydrogens (tertiary/aromatic N) is 2. The van der Waals surface area contributed by atoms with E-state index in [1.807, 2.05) is 0 Å². The number of piperidine rings is 1. The molecule has 2 aliphatic heterocycles. The zero-order valence-corrected chi connectivity index (χ0v) is 15.8. The number of likely N-dealkylation sites (tertiary alicyclic amines) is 1. The highest BCUT2D eigenvalue weighted by molar-refractivity contribution is 5.48. The predicted molar refractivity (Wildman–Crippen MR) is 105 cm³/mol. The summed E-state index contributed by atoms with van der Waals surface area (Å²) in [4.78, 5) is 4.99. The molecule has 3 rings (SSSR count). The van der Waals surface area contributed by atoms with Crippen molar-refractivity contribution in [3.05, 3.63) is 29.8 Å². The van der Waals surface area contributed by atoms with Crippen molar-refractivity contribution < 1.29 is 5.11 Å². The maximum absolute atomic E-state index is 9.64. The molecular weight excluding hydrogens is 310 g/mol. The van der Waals surface area contributed by atoms with Gasteiger partial charge in [-0.1, -0.05) is 25.0 Å². The molecule has 2 heterocycles. The van der Waals surface area contributed by atoms with Crippen molar-refractivity contribution in [2.75, 3.05) is 44.2 Å². The number of rotatable bonds is 6. The molecule has 0 radical (unpaired) electrons.